The maximum Gasteiger partial charge on any atom is 0.246 e. The Morgan fingerprint density at radius 3 is 2.74 bits per heavy atom. The molecule has 1 N–H and O–H groups in total. The van der Waals surface area contributed by atoms with Gasteiger partial charge < -0.3 is 14.2 Å². The van der Waals surface area contributed by atoms with E-state index < -0.39 is 15.6 Å². The predicted octanol–water partition coefficient (Wildman–Crippen LogP) is 1.17. The Kier molecular flexibility index (Phi) is 5.54. The summed E-state index contributed by atoms with van der Waals surface area (Å²) in [7, 11) is -3.65. The van der Waals surface area contributed by atoms with Crippen LogP contribution in [-0.2, 0) is 14.8 Å². The summed E-state index contributed by atoms with van der Waals surface area (Å²) in [5.74, 6) is 0.516. The molecule has 9 heteroatoms. The number of hydrogen-bond donors (Lipinski definition) is 1. The molecule has 0 aliphatic carbocycles. The van der Waals surface area contributed by atoms with Gasteiger partial charge in [-0.15, -0.1) is 0 Å². The maximum atomic E-state index is 12.5. The summed E-state index contributed by atoms with van der Waals surface area (Å²) in [6.07, 6.45) is 5.02. The highest BCUT2D eigenvalue weighted by Gasteiger charge is 2.41. The van der Waals surface area contributed by atoms with E-state index >= 15 is 0 Å². The molecular weight excluding hydrogens is 370 g/mol. The number of aromatic nitrogens is 1. The standard InChI is InChI=1S/C18H27N3O5S/c22-27(23)15-4-5-16(25-13-10-21-8-2-1-3-9-21)20-17(15)26-18(14-19-27)6-11-24-12-7-18/h4-5,19H,1-3,6-14H2. The van der Waals surface area contributed by atoms with Crippen LogP contribution in [-0.4, -0.2) is 69.9 Å². The summed E-state index contributed by atoms with van der Waals surface area (Å²) in [5, 5.41) is 0. The molecule has 27 heavy (non-hydrogen) atoms. The van der Waals surface area contributed by atoms with E-state index in [0.717, 1.165) is 19.6 Å². The lowest BCUT2D eigenvalue weighted by Crippen LogP contribution is -2.49. The third-order valence-corrected chi connectivity index (χ3v) is 6.91. The first-order valence-corrected chi connectivity index (χ1v) is 11.2. The second-order valence-corrected chi connectivity index (χ2v) is 9.16. The molecule has 0 amide bonds. The lowest BCUT2D eigenvalue weighted by Gasteiger charge is -2.35. The molecular formula is C18H27N3O5S. The molecule has 4 heterocycles. The van der Waals surface area contributed by atoms with Crippen molar-refractivity contribution >= 4 is 10.0 Å². The highest BCUT2D eigenvalue weighted by Crippen LogP contribution is 2.34. The van der Waals surface area contributed by atoms with Crippen LogP contribution in [0.25, 0.3) is 0 Å². The highest BCUT2D eigenvalue weighted by molar-refractivity contribution is 7.89. The van der Waals surface area contributed by atoms with E-state index in [1.165, 1.54) is 25.3 Å². The van der Waals surface area contributed by atoms with Crippen molar-refractivity contribution in [1.29, 1.82) is 0 Å². The van der Waals surface area contributed by atoms with Gasteiger partial charge in [0.15, 0.2) is 0 Å². The van der Waals surface area contributed by atoms with E-state index in [9.17, 15) is 8.42 Å². The summed E-state index contributed by atoms with van der Waals surface area (Å²) in [6, 6.07) is 3.11. The number of ether oxygens (including phenoxy) is 3. The minimum atomic E-state index is -3.65. The third-order valence-electron chi connectivity index (χ3n) is 5.50. The zero-order valence-corrected chi connectivity index (χ0v) is 16.3. The van der Waals surface area contributed by atoms with Gasteiger partial charge in [-0.05, 0) is 32.0 Å². The number of rotatable bonds is 4. The van der Waals surface area contributed by atoms with Gasteiger partial charge in [-0.25, -0.2) is 13.1 Å². The Morgan fingerprint density at radius 1 is 1.19 bits per heavy atom. The van der Waals surface area contributed by atoms with Gasteiger partial charge in [-0.2, -0.15) is 4.98 Å². The molecule has 2 fully saturated rings. The fraction of sp³-hybridized carbons (Fsp3) is 0.722. The molecule has 3 aliphatic rings. The second-order valence-electron chi connectivity index (χ2n) is 7.43. The van der Waals surface area contributed by atoms with Crippen molar-refractivity contribution in [2.45, 2.75) is 42.6 Å². The molecule has 0 atom stereocenters. The van der Waals surface area contributed by atoms with Crippen LogP contribution in [0.15, 0.2) is 17.0 Å². The van der Waals surface area contributed by atoms with E-state index in [0.29, 0.717) is 38.5 Å². The number of hydrogen-bond acceptors (Lipinski definition) is 7. The lowest BCUT2D eigenvalue weighted by molar-refractivity contribution is -0.0445. The molecule has 0 radical (unpaired) electrons. The first-order valence-electron chi connectivity index (χ1n) is 9.69. The predicted molar refractivity (Wildman–Crippen MR) is 98.6 cm³/mol. The molecule has 8 nitrogen and oxygen atoms in total. The van der Waals surface area contributed by atoms with E-state index in [-0.39, 0.29) is 17.3 Å². The largest absolute Gasteiger partial charge is 0.476 e. The molecule has 4 rings (SSSR count). The van der Waals surface area contributed by atoms with Crippen LogP contribution in [0.4, 0.5) is 0 Å². The molecule has 3 aliphatic heterocycles. The Bertz CT molecular complexity index is 758. The maximum absolute atomic E-state index is 12.5. The van der Waals surface area contributed by atoms with Crippen molar-refractivity contribution in [2.75, 3.05) is 46.0 Å². The van der Waals surface area contributed by atoms with Gasteiger partial charge in [0.25, 0.3) is 0 Å². The number of likely N-dealkylation sites (tertiary alicyclic amines) is 1. The molecule has 0 unspecified atom stereocenters. The van der Waals surface area contributed by atoms with Crippen LogP contribution in [0.2, 0.25) is 0 Å². The monoisotopic (exact) mass is 397 g/mol. The summed E-state index contributed by atoms with van der Waals surface area (Å²) in [4.78, 5) is 6.83. The molecule has 1 spiro atoms. The number of fused-ring (bicyclic) bond motifs is 1. The van der Waals surface area contributed by atoms with Crippen LogP contribution in [0.5, 0.6) is 11.8 Å². The molecule has 0 bridgehead atoms. The topological polar surface area (TPSA) is 90.0 Å². The van der Waals surface area contributed by atoms with Gasteiger partial charge >= 0.3 is 0 Å². The van der Waals surface area contributed by atoms with E-state index in [2.05, 4.69) is 14.6 Å². The average molecular weight is 397 g/mol. The molecule has 1 aromatic heterocycles. The Hall–Kier alpha value is -1.42. The number of nitrogens with zero attached hydrogens (tertiary/aromatic N) is 2. The molecule has 2 saturated heterocycles. The van der Waals surface area contributed by atoms with Gasteiger partial charge in [0.05, 0.1) is 19.8 Å². The third kappa shape index (κ3) is 4.37. The van der Waals surface area contributed by atoms with Crippen molar-refractivity contribution in [3.05, 3.63) is 12.1 Å². The van der Waals surface area contributed by atoms with Gasteiger partial charge in [0.1, 0.15) is 17.1 Å². The van der Waals surface area contributed by atoms with E-state index in [1.807, 2.05) is 0 Å². The summed E-state index contributed by atoms with van der Waals surface area (Å²) < 4.78 is 45.1. The average Bonchev–Trinajstić information content (AvgIpc) is 2.78. The normalized spacial score (nSPS) is 24.6. The zero-order valence-electron chi connectivity index (χ0n) is 15.5. The quantitative estimate of drug-likeness (QED) is 0.815. The van der Waals surface area contributed by atoms with Gasteiger partial charge in [0.2, 0.25) is 21.8 Å². The smallest absolute Gasteiger partial charge is 0.246 e. The van der Waals surface area contributed by atoms with Crippen molar-refractivity contribution in [3.8, 4) is 11.8 Å². The van der Waals surface area contributed by atoms with Crippen molar-refractivity contribution in [1.82, 2.24) is 14.6 Å². The minimum absolute atomic E-state index is 0.0641. The van der Waals surface area contributed by atoms with Crippen LogP contribution >= 0.6 is 0 Å². The number of nitrogens with one attached hydrogen (secondary N) is 1. The second kappa shape index (κ2) is 7.90. The van der Waals surface area contributed by atoms with Gasteiger partial charge in [-0.1, -0.05) is 6.42 Å². The number of pyridine rings is 1. The van der Waals surface area contributed by atoms with E-state index in [1.54, 1.807) is 6.07 Å². The van der Waals surface area contributed by atoms with Gasteiger partial charge in [-0.3, -0.25) is 4.90 Å². The fourth-order valence-corrected chi connectivity index (χ4v) is 4.97. The van der Waals surface area contributed by atoms with Crippen LogP contribution in [0.3, 0.4) is 0 Å². The van der Waals surface area contributed by atoms with Crippen LogP contribution in [0, 0.1) is 0 Å². The molecule has 150 valence electrons. The number of piperidine rings is 1. The molecule has 0 saturated carbocycles. The summed E-state index contributed by atoms with van der Waals surface area (Å²) in [5.41, 5.74) is -0.615. The van der Waals surface area contributed by atoms with Crippen LogP contribution in [0.1, 0.15) is 32.1 Å². The highest BCUT2D eigenvalue weighted by atomic mass is 32.2. The summed E-state index contributed by atoms with van der Waals surface area (Å²) >= 11 is 0. The molecule has 0 aromatic carbocycles. The van der Waals surface area contributed by atoms with Crippen molar-refractivity contribution < 1.29 is 22.6 Å². The van der Waals surface area contributed by atoms with Gasteiger partial charge in [0, 0.05) is 25.5 Å². The fourth-order valence-electron chi connectivity index (χ4n) is 3.80. The number of sulfonamides is 1. The summed E-state index contributed by atoms with van der Waals surface area (Å²) in [6.45, 7) is 4.90. The minimum Gasteiger partial charge on any atom is -0.476 e. The lowest BCUT2D eigenvalue weighted by atomic mass is 9.94. The van der Waals surface area contributed by atoms with Crippen molar-refractivity contribution in [3.63, 3.8) is 0 Å². The van der Waals surface area contributed by atoms with Crippen LogP contribution < -0.4 is 14.2 Å². The Labute approximate surface area is 160 Å². The zero-order chi connectivity index (χ0) is 18.7. The van der Waals surface area contributed by atoms with Crippen molar-refractivity contribution in [2.24, 2.45) is 0 Å². The SMILES string of the molecule is O=S1(=O)NCC2(CCOCC2)Oc2nc(OCCN3CCCCC3)ccc21. The first-order chi connectivity index (χ1) is 13.1. The Morgan fingerprint density at radius 2 is 1.96 bits per heavy atom. The molecule has 1 aromatic rings. The first kappa shape index (κ1) is 18.9. The Balaban J connectivity index is 1.48. The van der Waals surface area contributed by atoms with E-state index in [4.69, 9.17) is 14.2 Å².